The fourth-order valence-corrected chi connectivity index (χ4v) is 1.06. The second-order valence-electron chi connectivity index (χ2n) is 4.75. The molecule has 0 aromatic carbocycles. The summed E-state index contributed by atoms with van der Waals surface area (Å²) < 4.78 is 0. The number of anilines is 1. The summed E-state index contributed by atoms with van der Waals surface area (Å²) in [6.07, 6.45) is 0. The molecule has 0 amide bonds. The maximum atomic E-state index is 3.09. The molecule has 0 atom stereocenters. The van der Waals surface area contributed by atoms with Gasteiger partial charge >= 0.3 is 74.5 Å². The van der Waals surface area contributed by atoms with Crippen LogP contribution in [0.15, 0.2) is 18.1 Å². The molecule has 0 spiro atoms. The van der Waals surface area contributed by atoms with Gasteiger partial charge in [-0.2, -0.15) is 0 Å². The first-order chi connectivity index (χ1) is 7.93. The summed E-state index contributed by atoms with van der Waals surface area (Å²) in [7, 11) is 12.4. The second kappa shape index (κ2) is 11.8. The van der Waals surface area contributed by atoms with Crippen molar-refractivity contribution < 1.29 is 18.9 Å². The molecule has 0 unspecified atom stereocenters. The van der Waals surface area contributed by atoms with Crippen LogP contribution in [0.1, 0.15) is 0 Å². The van der Waals surface area contributed by atoms with Gasteiger partial charge in [-0.3, -0.25) is 0 Å². The van der Waals surface area contributed by atoms with Gasteiger partial charge in [-0.05, 0) is 28.2 Å². The van der Waals surface area contributed by atoms with Crippen LogP contribution in [0.4, 0.5) is 5.69 Å². The average Bonchev–Trinajstić information content (AvgIpc) is 2.28. The van der Waals surface area contributed by atoms with Gasteiger partial charge in [0.2, 0.25) is 0 Å². The first kappa shape index (κ1) is 20.1. The van der Waals surface area contributed by atoms with E-state index in [9.17, 15) is 0 Å². The minimum Gasteiger partial charge on any atom is 1.00 e. The Morgan fingerprint density at radius 3 is 1.72 bits per heavy atom. The molecule has 1 aromatic rings. The smallest absolute Gasteiger partial charge is 1.00 e. The fourth-order valence-electron chi connectivity index (χ4n) is 1.06. The Morgan fingerprint density at radius 1 is 1.00 bits per heavy atom. The molecular formula is C13H25BLiN3. The first-order valence-corrected chi connectivity index (χ1v) is 5.87. The van der Waals surface area contributed by atoms with Crippen molar-refractivity contribution in [2.45, 2.75) is 0 Å². The Bertz CT molecular complexity index is 271. The van der Waals surface area contributed by atoms with E-state index in [0.717, 1.165) is 18.8 Å². The molecule has 0 saturated carbocycles. The SMILES string of the molecule is CN(C)CCN(C)C.CN(C)c1[c-]bccc1.[Li+]. The van der Waals surface area contributed by atoms with Gasteiger partial charge in [-0.15, -0.1) is 0 Å². The van der Waals surface area contributed by atoms with Crippen LogP contribution in [0.2, 0.25) is 0 Å². The summed E-state index contributed by atoms with van der Waals surface area (Å²) in [6, 6.07) is 4.03. The third-order valence-corrected chi connectivity index (χ3v) is 2.17. The Morgan fingerprint density at radius 2 is 1.50 bits per heavy atom. The molecule has 0 aliphatic heterocycles. The van der Waals surface area contributed by atoms with Crippen LogP contribution in [0.3, 0.4) is 0 Å². The van der Waals surface area contributed by atoms with Crippen molar-refractivity contribution in [3.05, 3.63) is 24.1 Å². The average molecular weight is 241 g/mol. The molecular weight excluding hydrogens is 216 g/mol. The quantitative estimate of drug-likeness (QED) is 0.446. The Balaban J connectivity index is 0. The predicted molar refractivity (Wildman–Crippen MR) is 78.1 cm³/mol. The number of hydrogen-bond acceptors (Lipinski definition) is 3. The maximum absolute atomic E-state index is 3.09. The molecule has 0 aliphatic rings. The molecule has 0 bridgehead atoms. The summed E-state index contributed by atoms with van der Waals surface area (Å²) in [5.74, 6) is 5.06. The summed E-state index contributed by atoms with van der Waals surface area (Å²) in [5.41, 5.74) is 1.12. The van der Waals surface area contributed by atoms with Crippen LogP contribution in [-0.4, -0.2) is 72.1 Å². The molecule has 0 N–H and O–H groups in total. The minimum absolute atomic E-state index is 0. The van der Waals surface area contributed by atoms with E-state index in [1.54, 1.807) is 0 Å². The molecule has 1 aromatic heterocycles. The zero-order chi connectivity index (χ0) is 13.3. The zero-order valence-electron chi connectivity index (χ0n) is 13.1. The van der Waals surface area contributed by atoms with Crippen molar-refractivity contribution >= 4 is 12.6 Å². The van der Waals surface area contributed by atoms with Gasteiger partial charge in [-0.1, -0.05) is 0 Å². The zero-order valence-corrected chi connectivity index (χ0v) is 13.1. The van der Waals surface area contributed by atoms with Gasteiger partial charge in [0.25, 0.3) is 0 Å². The van der Waals surface area contributed by atoms with Crippen LogP contribution in [0.5, 0.6) is 0 Å². The molecule has 0 fully saturated rings. The molecule has 18 heavy (non-hydrogen) atoms. The minimum atomic E-state index is 0. The van der Waals surface area contributed by atoms with Crippen molar-refractivity contribution in [2.24, 2.45) is 0 Å². The summed E-state index contributed by atoms with van der Waals surface area (Å²) >= 11 is 0. The van der Waals surface area contributed by atoms with Gasteiger partial charge in [-0.25, -0.2) is 0 Å². The topological polar surface area (TPSA) is 9.72 Å². The number of nitrogens with zero attached hydrogens (tertiary/aromatic N) is 3. The van der Waals surface area contributed by atoms with E-state index in [1.165, 1.54) is 0 Å². The van der Waals surface area contributed by atoms with Crippen LogP contribution in [0.25, 0.3) is 0 Å². The maximum Gasteiger partial charge on any atom is 1.00 e. The normalized spacial score (nSPS) is 9.33. The van der Waals surface area contributed by atoms with Crippen molar-refractivity contribution in [1.29, 1.82) is 0 Å². The molecule has 96 valence electrons. The van der Waals surface area contributed by atoms with Gasteiger partial charge in [0.1, 0.15) is 0 Å². The fraction of sp³-hybridized carbons (Fsp3) is 0.615. The summed E-state index contributed by atoms with van der Waals surface area (Å²) in [4.78, 5) is 6.39. The molecule has 3 nitrogen and oxygen atoms in total. The summed E-state index contributed by atoms with van der Waals surface area (Å²) in [5, 5.41) is 0. The third-order valence-electron chi connectivity index (χ3n) is 2.17. The van der Waals surface area contributed by atoms with E-state index in [-0.39, 0.29) is 18.9 Å². The summed E-state index contributed by atoms with van der Waals surface area (Å²) in [6.45, 7) is 4.20. The van der Waals surface area contributed by atoms with Crippen LogP contribution in [0, 0.1) is 5.96 Å². The van der Waals surface area contributed by atoms with Crippen LogP contribution in [-0.2, 0) is 0 Å². The van der Waals surface area contributed by atoms with Crippen molar-refractivity contribution in [2.75, 3.05) is 60.3 Å². The van der Waals surface area contributed by atoms with Gasteiger partial charge in [0.15, 0.2) is 0 Å². The van der Waals surface area contributed by atoms with Crippen molar-refractivity contribution in [1.82, 2.24) is 9.80 Å². The molecule has 1 rings (SSSR count). The second-order valence-corrected chi connectivity index (χ2v) is 4.75. The van der Waals surface area contributed by atoms with Gasteiger partial charge in [0.05, 0.1) is 0 Å². The first-order valence-electron chi connectivity index (χ1n) is 5.87. The molecule has 0 radical (unpaired) electrons. The molecule has 0 saturated heterocycles. The van der Waals surface area contributed by atoms with E-state index >= 15 is 0 Å². The number of likely N-dealkylation sites (N-methyl/N-ethyl adjacent to an activating group) is 2. The van der Waals surface area contributed by atoms with E-state index in [2.05, 4.69) is 44.0 Å². The van der Waals surface area contributed by atoms with E-state index in [0.29, 0.717) is 0 Å². The predicted octanol–water partition coefficient (Wildman–Crippen LogP) is -2.00. The van der Waals surface area contributed by atoms with E-state index < -0.39 is 0 Å². The standard InChI is InChI=1S/C7H9BN.C6H16N2.Li/c1-9(2)7-4-3-5-8-6-7;1-7(2)5-6-8(3)4;/h3-5H,1-2H3;5-6H2,1-4H3;/q-1;;+1. The van der Waals surface area contributed by atoms with E-state index in [4.69, 9.17) is 0 Å². The third kappa shape index (κ3) is 12.2. The molecule has 5 heteroatoms. The Hall–Kier alpha value is -0.268. The van der Waals surface area contributed by atoms with Crippen LogP contribution >= 0.6 is 0 Å². The number of rotatable bonds is 4. The van der Waals surface area contributed by atoms with Crippen molar-refractivity contribution in [3.63, 3.8) is 0 Å². The van der Waals surface area contributed by atoms with Crippen LogP contribution < -0.4 is 23.8 Å². The monoisotopic (exact) mass is 241 g/mol. The van der Waals surface area contributed by atoms with Gasteiger partial charge in [0, 0.05) is 13.1 Å². The van der Waals surface area contributed by atoms with Gasteiger partial charge < -0.3 is 9.80 Å². The Kier molecular flexibility index (Phi) is 13.2. The van der Waals surface area contributed by atoms with E-state index in [1.807, 2.05) is 44.0 Å². The number of hydrogen-bond donors (Lipinski definition) is 0. The Labute approximate surface area is 126 Å². The molecule has 0 aliphatic carbocycles. The molecule has 1 heterocycles. The van der Waals surface area contributed by atoms with Crippen molar-refractivity contribution in [3.8, 4) is 0 Å². The largest absolute Gasteiger partial charge is 1.00 e.